The van der Waals surface area contributed by atoms with Crippen molar-refractivity contribution in [2.24, 2.45) is 0 Å². The Morgan fingerprint density at radius 3 is 2.90 bits per heavy atom. The number of benzene rings is 2. The highest BCUT2D eigenvalue weighted by molar-refractivity contribution is 5.99. The van der Waals surface area contributed by atoms with E-state index in [2.05, 4.69) is 11.0 Å². The summed E-state index contributed by atoms with van der Waals surface area (Å²) in [5.41, 5.74) is 1.36. The van der Waals surface area contributed by atoms with Crippen molar-refractivity contribution in [1.82, 2.24) is 4.90 Å². The van der Waals surface area contributed by atoms with Crippen LogP contribution in [-0.2, 0) is 23.2 Å². The molecule has 0 radical (unpaired) electrons. The Morgan fingerprint density at radius 1 is 1.24 bits per heavy atom. The van der Waals surface area contributed by atoms with Crippen molar-refractivity contribution in [2.75, 3.05) is 13.6 Å². The summed E-state index contributed by atoms with van der Waals surface area (Å²) in [7, 11) is 2.05. The number of ketones is 1. The first-order valence-corrected chi connectivity index (χ1v) is 10.2. The van der Waals surface area contributed by atoms with Gasteiger partial charge in [0.1, 0.15) is 12.2 Å². The average molecular weight is 389 g/mol. The number of nitrogens with zero attached hydrogens (tertiary/aromatic N) is 1. The summed E-state index contributed by atoms with van der Waals surface area (Å²) in [5, 5.41) is 11.9. The van der Waals surface area contributed by atoms with Gasteiger partial charge in [0.2, 0.25) is 0 Å². The lowest BCUT2D eigenvalue weighted by molar-refractivity contribution is -0.151. The van der Waals surface area contributed by atoms with Gasteiger partial charge < -0.3 is 14.6 Å². The molecule has 2 heterocycles. The normalized spacial score (nSPS) is 33.9. The van der Waals surface area contributed by atoms with E-state index in [4.69, 9.17) is 9.47 Å². The Balaban J connectivity index is 1.49. The van der Waals surface area contributed by atoms with Crippen molar-refractivity contribution in [2.45, 2.75) is 42.6 Å². The first-order valence-electron chi connectivity index (χ1n) is 10.2. The average Bonchev–Trinajstić information content (AvgIpc) is 3.09. The van der Waals surface area contributed by atoms with Gasteiger partial charge in [0.05, 0.1) is 5.41 Å². The highest BCUT2D eigenvalue weighted by Gasteiger charge is 2.71. The fourth-order valence-electron chi connectivity index (χ4n) is 5.96. The number of hydrogen-bond donors (Lipinski definition) is 1. The topological polar surface area (TPSA) is 59.0 Å². The van der Waals surface area contributed by atoms with Crippen LogP contribution in [0.3, 0.4) is 0 Å². The molecule has 0 amide bonds. The van der Waals surface area contributed by atoms with E-state index in [1.807, 2.05) is 43.4 Å². The number of carbonyl (C=O) groups is 1. The lowest BCUT2D eigenvalue weighted by atomic mass is 9.51. The molecule has 0 saturated carbocycles. The van der Waals surface area contributed by atoms with E-state index >= 15 is 0 Å². The molecule has 148 valence electrons. The number of likely N-dealkylation sites (N-methyl/N-ethyl adjacent to an activating group) is 1. The molecule has 0 aromatic heterocycles. The fraction of sp³-hybridized carbons (Fsp3) is 0.375. The third-order valence-corrected chi connectivity index (χ3v) is 7.36. The number of hydrogen-bond acceptors (Lipinski definition) is 5. The molecule has 1 spiro atoms. The number of ether oxygens (including phenoxy) is 2. The van der Waals surface area contributed by atoms with Gasteiger partial charge in [-0.25, -0.2) is 0 Å². The van der Waals surface area contributed by atoms with Crippen LogP contribution in [0.2, 0.25) is 0 Å². The molecule has 4 aliphatic rings. The van der Waals surface area contributed by atoms with E-state index in [0.29, 0.717) is 24.5 Å². The summed E-state index contributed by atoms with van der Waals surface area (Å²) >= 11 is 0. The Kier molecular flexibility index (Phi) is 3.40. The Hall–Kier alpha value is -2.63. The molecule has 5 nitrogen and oxygen atoms in total. The van der Waals surface area contributed by atoms with Crippen molar-refractivity contribution in [3.05, 3.63) is 71.3 Å². The zero-order valence-corrected chi connectivity index (χ0v) is 16.3. The molecule has 2 aromatic rings. The van der Waals surface area contributed by atoms with E-state index in [1.54, 1.807) is 6.08 Å². The van der Waals surface area contributed by atoms with Gasteiger partial charge in [0.25, 0.3) is 0 Å². The van der Waals surface area contributed by atoms with E-state index in [1.165, 1.54) is 6.08 Å². The summed E-state index contributed by atoms with van der Waals surface area (Å²) in [6.45, 7) is 1.25. The highest BCUT2D eigenvalue weighted by atomic mass is 16.5. The van der Waals surface area contributed by atoms with Crippen molar-refractivity contribution in [3.8, 4) is 11.5 Å². The molecule has 2 aliphatic carbocycles. The number of carbonyl (C=O) groups excluding carboxylic acids is 1. The van der Waals surface area contributed by atoms with Crippen LogP contribution in [0.4, 0.5) is 0 Å². The maximum atomic E-state index is 12.9. The van der Waals surface area contributed by atoms with Crippen LogP contribution in [0.1, 0.15) is 23.1 Å². The monoisotopic (exact) mass is 389 g/mol. The van der Waals surface area contributed by atoms with E-state index < -0.39 is 17.1 Å². The summed E-state index contributed by atoms with van der Waals surface area (Å²) in [6.07, 6.45) is 3.95. The number of piperidine rings is 1. The summed E-state index contributed by atoms with van der Waals surface area (Å²) in [6, 6.07) is 13.9. The molecule has 1 N–H and O–H groups in total. The number of likely N-dealkylation sites (tertiary alicyclic amines) is 1. The van der Waals surface area contributed by atoms with Crippen LogP contribution in [0.5, 0.6) is 11.5 Å². The predicted molar refractivity (Wildman–Crippen MR) is 107 cm³/mol. The molecule has 29 heavy (non-hydrogen) atoms. The second-order valence-electron chi connectivity index (χ2n) is 8.68. The van der Waals surface area contributed by atoms with Crippen LogP contribution < -0.4 is 9.47 Å². The largest absolute Gasteiger partial charge is 0.485 e. The maximum Gasteiger partial charge on any atom is 0.196 e. The molecule has 5 heteroatoms. The van der Waals surface area contributed by atoms with E-state index in [0.717, 1.165) is 29.7 Å². The molecule has 2 aromatic carbocycles. The van der Waals surface area contributed by atoms with Crippen LogP contribution in [0.25, 0.3) is 0 Å². The highest BCUT2D eigenvalue weighted by Crippen LogP contribution is 2.63. The summed E-state index contributed by atoms with van der Waals surface area (Å²) in [4.78, 5) is 15.1. The number of rotatable bonds is 3. The molecule has 2 bridgehead atoms. The predicted octanol–water partition coefficient (Wildman–Crippen LogP) is 2.39. The van der Waals surface area contributed by atoms with Gasteiger partial charge in [-0.3, -0.25) is 9.69 Å². The smallest absolute Gasteiger partial charge is 0.196 e. The van der Waals surface area contributed by atoms with Crippen LogP contribution in [0, 0.1) is 0 Å². The van der Waals surface area contributed by atoms with Gasteiger partial charge in [-0.15, -0.1) is 0 Å². The first-order chi connectivity index (χ1) is 14.0. The third-order valence-electron chi connectivity index (χ3n) is 7.36. The van der Waals surface area contributed by atoms with Gasteiger partial charge in [-0.05, 0) is 55.8 Å². The molecule has 4 atom stereocenters. The zero-order valence-electron chi connectivity index (χ0n) is 16.3. The van der Waals surface area contributed by atoms with Crippen LogP contribution in [-0.4, -0.2) is 47.1 Å². The van der Waals surface area contributed by atoms with Gasteiger partial charge in [-0.1, -0.05) is 36.4 Å². The lowest BCUT2D eigenvalue weighted by Crippen LogP contribution is -2.74. The van der Waals surface area contributed by atoms with Gasteiger partial charge in [0, 0.05) is 11.6 Å². The quantitative estimate of drug-likeness (QED) is 0.874. The van der Waals surface area contributed by atoms with Crippen LogP contribution >= 0.6 is 0 Å². The minimum atomic E-state index is -1.12. The minimum absolute atomic E-state index is 0.0683. The van der Waals surface area contributed by atoms with Crippen LogP contribution in [0.15, 0.2) is 54.6 Å². The van der Waals surface area contributed by atoms with Crippen molar-refractivity contribution in [1.29, 1.82) is 0 Å². The molecular weight excluding hydrogens is 366 g/mol. The van der Waals surface area contributed by atoms with Gasteiger partial charge in [0.15, 0.2) is 23.4 Å². The molecule has 1 fully saturated rings. The standard InChI is InChI=1S/C24H23NO4/c1-25-12-11-23-20-16-7-8-18(28-14-15-5-3-2-4-6-15)21(20)29-22(23)17(26)9-10-24(23,27)19(25)13-16/h2-10,19,22,27H,11-14H2,1H3. The third kappa shape index (κ3) is 2.04. The minimum Gasteiger partial charge on any atom is -0.485 e. The SMILES string of the molecule is CN1CCC23c4c5ccc(OCc6ccccc6)c4OC2C(=O)C=CC3(O)C1C5. The summed E-state index contributed by atoms with van der Waals surface area (Å²) in [5.74, 6) is 1.21. The Morgan fingerprint density at radius 2 is 2.07 bits per heavy atom. The number of aliphatic hydroxyl groups is 1. The zero-order chi connectivity index (χ0) is 19.8. The lowest BCUT2D eigenvalue weighted by Gasteiger charge is -2.60. The fourth-order valence-corrected chi connectivity index (χ4v) is 5.96. The molecule has 2 aliphatic heterocycles. The molecule has 1 saturated heterocycles. The van der Waals surface area contributed by atoms with E-state index in [9.17, 15) is 9.90 Å². The van der Waals surface area contributed by atoms with Gasteiger partial charge in [-0.2, -0.15) is 0 Å². The Labute approximate surface area is 169 Å². The molecule has 6 rings (SSSR count). The summed E-state index contributed by atoms with van der Waals surface area (Å²) < 4.78 is 12.4. The van der Waals surface area contributed by atoms with Crippen molar-refractivity contribution >= 4 is 5.78 Å². The maximum absolute atomic E-state index is 12.9. The Bertz CT molecular complexity index is 1050. The van der Waals surface area contributed by atoms with Gasteiger partial charge >= 0.3 is 0 Å². The second-order valence-corrected chi connectivity index (χ2v) is 8.68. The molecular formula is C24H23NO4. The van der Waals surface area contributed by atoms with E-state index in [-0.39, 0.29) is 11.8 Å². The molecule has 4 unspecified atom stereocenters. The van der Waals surface area contributed by atoms with Crippen molar-refractivity contribution < 1.29 is 19.4 Å². The second kappa shape index (κ2) is 5.71. The first kappa shape index (κ1) is 17.2. The van der Waals surface area contributed by atoms with Crippen molar-refractivity contribution in [3.63, 3.8) is 0 Å².